The van der Waals surface area contributed by atoms with Crippen LogP contribution in [0.2, 0.25) is 0 Å². The molecule has 1 amide bonds. The Morgan fingerprint density at radius 1 is 0.879 bits per heavy atom. The molecule has 1 saturated heterocycles. The van der Waals surface area contributed by atoms with Crippen molar-refractivity contribution >= 4 is 27.3 Å². The Morgan fingerprint density at radius 2 is 1.48 bits per heavy atom. The molecule has 0 N–H and O–H groups in total. The van der Waals surface area contributed by atoms with E-state index in [0.717, 1.165) is 15.6 Å². The summed E-state index contributed by atoms with van der Waals surface area (Å²) in [4.78, 5) is 17.1. The van der Waals surface area contributed by atoms with E-state index in [-0.39, 0.29) is 23.0 Å². The first-order chi connectivity index (χ1) is 15.8. The molecule has 1 aliphatic heterocycles. The van der Waals surface area contributed by atoms with Gasteiger partial charge in [-0.1, -0.05) is 35.9 Å². The lowest BCUT2D eigenvalue weighted by atomic mass is 10.2. The van der Waals surface area contributed by atoms with Crippen molar-refractivity contribution in [2.75, 3.05) is 41.9 Å². The van der Waals surface area contributed by atoms with Gasteiger partial charge in [0.05, 0.1) is 10.6 Å². The number of hydrogen-bond donors (Lipinski definition) is 0. The first-order valence-electron chi connectivity index (χ1n) is 10.8. The molecule has 0 atom stereocenters. The molecule has 0 aromatic heterocycles. The zero-order chi connectivity index (χ0) is 23.4. The summed E-state index contributed by atoms with van der Waals surface area (Å²) < 4.78 is 41.4. The molecule has 4 rings (SSSR count). The first kappa shape index (κ1) is 22.8. The number of aryl methyl sites for hydroxylation is 1. The van der Waals surface area contributed by atoms with E-state index in [2.05, 4.69) is 4.90 Å². The zero-order valence-corrected chi connectivity index (χ0v) is 19.2. The number of carbonyl (C=O) groups is 1. The predicted molar refractivity (Wildman–Crippen MR) is 127 cm³/mol. The number of rotatable bonds is 6. The zero-order valence-electron chi connectivity index (χ0n) is 18.4. The van der Waals surface area contributed by atoms with Gasteiger partial charge in [0.15, 0.2) is 0 Å². The van der Waals surface area contributed by atoms with Crippen molar-refractivity contribution in [3.8, 4) is 0 Å². The number of carbonyl (C=O) groups excluding carboxylic acids is 1. The third-order valence-corrected chi connectivity index (χ3v) is 7.54. The van der Waals surface area contributed by atoms with Crippen LogP contribution in [0.25, 0.3) is 0 Å². The van der Waals surface area contributed by atoms with Crippen LogP contribution in [0.3, 0.4) is 0 Å². The third-order valence-electron chi connectivity index (χ3n) is 5.76. The summed E-state index contributed by atoms with van der Waals surface area (Å²) in [5.41, 5.74) is 2.27. The van der Waals surface area contributed by atoms with E-state index < -0.39 is 15.8 Å². The van der Waals surface area contributed by atoms with Gasteiger partial charge in [0.1, 0.15) is 12.4 Å². The van der Waals surface area contributed by atoms with Crippen molar-refractivity contribution in [3.63, 3.8) is 0 Å². The Labute approximate surface area is 193 Å². The number of hydrogen-bond acceptors (Lipinski definition) is 4. The van der Waals surface area contributed by atoms with Crippen LogP contribution in [0.15, 0.2) is 83.8 Å². The topological polar surface area (TPSA) is 60.9 Å². The van der Waals surface area contributed by atoms with Crippen molar-refractivity contribution in [2.24, 2.45) is 0 Å². The highest BCUT2D eigenvalue weighted by Gasteiger charge is 2.30. The van der Waals surface area contributed by atoms with Crippen LogP contribution in [0, 0.1) is 12.7 Å². The highest BCUT2D eigenvalue weighted by atomic mass is 32.2. The summed E-state index contributed by atoms with van der Waals surface area (Å²) >= 11 is 0. The molecule has 3 aromatic carbocycles. The second-order valence-corrected chi connectivity index (χ2v) is 9.87. The Hall–Kier alpha value is -3.39. The Kier molecular flexibility index (Phi) is 6.65. The van der Waals surface area contributed by atoms with Crippen LogP contribution in [0.4, 0.5) is 15.8 Å². The largest absolute Gasteiger partial charge is 0.368 e. The number of para-hydroxylation sites is 1. The summed E-state index contributed by atoms with van der Waals surface area (Å²) in [7, 11) is -4.02. The van der Waals surface area contributed by atoms with E-state index in [0.29, 0.717) is 26.2 Å². The van der Waals surface area contributed by atoms with Gasteiger partial charge in [-0.3, -0.25) is 9.10 Å². The second kappa shape index (κ2) is 9.62. The predicted octanol–water partition coefficient (Wildman–Crippen LogP) is 3.68. The number of anilines is 2. The Morgan fingerprint density at radius 3 is 2.09 bits per heavy atom. The molecule has 33 heavy (non-hydrogen) atoms. The monoisotopic (exact) mass is 467 g/mol. The van der Waals surface area contributed by atoms with Crippen molar-refractivity contribution < 1.29 is 17.6 Å². The van der Waals surface area contributed by atoms with Gasteiger partial charge in [-0.2, -0.15) is 0 Å². The van der Waals surface area contributed by atoms with Crippen LogP contribution >= 0.6 is 0 Å². The van der Waals surface area contributed by atoms with Crippen LogP contribution in [-0.4, -0.2) is 51.9 Å². The molecule has 0 unspecified atom stereocenters. The van der Waals surface area contributed by atoms with Gasteiger partial charge >= 0.3 is 0 Å². The molecule has 1 fully saturated rings. The molecule has 0 bridgehead atoms. The van der Waals surface area contributed by atoms with Crippen molar-refractivity contribution in [2.45, 2.75) is 11.8 Å². The highest BCUT2D eigenvalue weighted by Crippen LogP contribution is 2.25. The number of piperazine rings is 1. The number of halogens is 1. The average Bonchev–Trinajstić information content (AvgIpc) is 2.84. The first-order valence-corrected chi connectivity index (χ1v) is 12.2. The normalized spacial score (nSPS) is 14.2. The van der Waals surface area contributed by atoms with Gasteiger partial charge in [0.2, 0.25) is 5.91 Å². The molecule has 0 saturated carbocycles. The van der Waals surface area contributed by atoms with E-state index in [1.807, 2.05) is 37.3 Å². The molecule has 0 spiro atoms. The molecule has 8 heteroatoms. The van der Waals surface area contributed by atoms with Crippen LogP contribution in [0.1, 0.15) is 5.56 Å². The summed E-state index contributed by atoms with van der Waals surface area (Å²) in [5.74, 6) is -0.766. The molecular weight excluding hydrogens is 441 g/mol. The Bertz CT molecular complexity index is 1190. The fraction of sp³-hybridized carbons (Fsp3) is 0.240. The van der Waals surface area contributed by atoms with Gasteiger partial charge in [0.25, 0.3) is 10.0 Å². The van der Waals surface area contributed by atoms with Crippen molar-refractivity contribution in [1.82, 2.24) is 4.90 Å². The molecule has 0 aliphatic carbocycles. The molecule has 1 aliphatic rings. The quantitative estimate of drug-likeness (QED) is 0.555. The third kappa shape index (κ3) is 5.17. The second-order valence-electron chi connectivity index (χ2n) is 8.00. The van der Waals surface area contributed by atoms with Crippen LogP contribution in [-0.2, 0) is 14.8 Å². The molecular formula is C25H26FN3O3S. The van der Waals surface area contributed by atoms with E-state index in [1.54, 1.807) is 17.0 Å². The number of amides is 1. The van der Waals surface area contributed by atoms with Gasteiger partial charge in [-0.25, -0.2) is 12.8 Å². The molecule has 0 radical (unpaired) electrons. The minimum Gasteiger partial charge on any atom is -0.368 e. The van der Waals surface area contributed by atoms with Crippen molar-refractivity contribution in [3.05, 3.63) is 90.2 Å². The summed E-state index contributed by atoms with van der Waals surface area (Å²) in [6, 6.07) is 21.6. The minimum atomic E-state index is -4.02. The molecule has 172 valence electrons. The summed E-state index contributed by atoms with van der Waals surface area (Å²) in [6.07, 6.45) is 0. The van der Waals surface area contributed by atoms with E-state index in [1.165, 1.54) is 36.4 Å². The SMILES string of the molecule is Cc1ccc(S(=O)(=O)N(CC(=O)N2CCN(c3ccccc3)CC2)c2ccc(F)cc2)cc1. The van der Waals surface area contributed by atoms with E-state index in [9.17, 15) is 17.6 Å². The fourth-order valence-electron chi connectivity index (χ4n) is 3.84. The standard InChI is InChI=1S/C25H26FN3O3S/c1-20-7-13-24(14-8-20)33(31,32)29(23-11-9-21(26)10-12-23)19-25(30)28-17-15-27(16-18-28)22-5-3-2-4-6-22/h2-14H,15-19H2,1H3. The number of benzene rings is 3. The maximum absolute atomic E-state index is 13.5. The van der Waals surface area contributed by atoms with Gasteiger partial charge < -0.3 is 9.80 Å². The minimum absolute atomic E-state index is 0.0825. The van der Waals surface area contributed by atoms with Gasteiger partial charge in [0, 0.05) is 31.9 Å². The Balaban J connectivity index is 1.54. The maximum Gasteiger partial charge on any atom is 0.264 e. The fourth-order valence-corrected chi connectivity index (χ4v) is 5.25. The number of sulfonamides is 1. The molecule has 3 aromatic rings. The molecule has 1 heterocycles. The lowest BCUT2D eigenvalue weighted by molar-refractivity contribution is -0.129. The lowest BCUT2D eigenvalue weighted by Crippen LogP contribution is -2.52. The summed E-state index contributed by atoms with van der Waals surface area (Å²) in [6.45, 7) is 3.83. The highest BCUT2D eigenvalue weighted by molar-refractivity contribution is 7.92. The van der Waals surface area contributed by atoms with Gasteiger partial charge in [-0.05, 0) is 55.5 Å². The van der Waals surface area contributed by atoms with E-state index in [4.69, 9.17) is 0 Å². The molecule has 6 nitrogen and oxygen atoms in total. The summed E-state index contributed by atoms with van der Waals surface area (Å²) in [5, 5.41) is 0. The maximum atomic E-state index is 13.5. The van der Waals surface area contributed by atoms with Crippen LogP contribution in [0.5, 0.6) is 0 Å². The lowest BCUT2D eigenvalue weighted by Gasteiger charge is -2.37. The van der Waals surface area contributed by atoms with Crippen molar-refractivity contribution in [1.29, 1.82) is 0 Å². The van der Waals surface area contributed by atoms with Gasteiger partial charge in [-0.15, -0.1) is 0 Å². The van der Waals surface area contributed by atoms with E-state index >= 15 is 0 Å². The number of nitrogens with zero attached hydrogens (tertiary/aromatic N) is 3. The average molecular weight is 468 g/mol. The van der Waals surface area contributed by atoms with Crippen LogP contribution < -0.4 is 9.21 Å². The smallest absolute Gasteiger partial charge is 0.264 e.